The Bertz CT molecular complexity index is 847. The van der Waals surface area contributed by atoms with E-state index in [4.69, 9.17) is 4.74 Å². The Hall–Kier alpha value is -1.89. The molecule has 2 fully saturated rings. The van der Waals surface area contributed by atoms with Crippen molar-refractivity contribution in [3.63, 3.8) is 0 Å². The number of piperidine rings is 2. The molecule has 0 saturated carbocycles. The number of hydrogen-bond donors (Lipinski definition) is 0. The van der Waals surface area contributed by atoms with Crippen LogP contribution in [0, 0.1) is 5.92 Å². The van der Waals surface area contributed by atoms with Crippen LogP contribution in [0.4, 0.5) is 0 Å². The molecule has 5 nitrogen and oxygen atoms in total. The molecule has 0 bridgehead atoms. The van der Waals surface area contributed by atoms with Crippen LogP contribution in [0.15, 0.2) is 41.8 Å². The van der Waals surface area contributed by atoms with Gasteiger partial charge in [0, 0.05) is 42.9 Å². The number of benzene rings is 1. The topological polar surface area (TPSA) is 36.0 Å². The molecule has 0 spiro atoms. The van der Waals surface area contributed by atoms with E-state index in [0.717, 1.165) is 70.6 Å². The van der Waals surface area contributed by atoms with Gasteiger partial charge in [-0.25, -0.2) is 0 Å². The molecule has 0 aliphatic carbocycles. The predicted molar refractivity (Wildman–Crippen MR) is 136 cm³/mol. The number of carbonyl (C=O) groups is 1. The van der Waals surface area contributed by atoms with Gasteiger partial charge in [-0.05, 0) is 88.4 Å². The van der Waals surface area contributed by atoms with Gasteiger partial charge in [0.05, 0.1) is 6.61 Å². The molecule has 1 aromatic carbocycles. The summed E-state index contributed by atoms with van der Waals surface area (Å²) in [5.74, 6) is 1.53. The fourth-order valence-corrected chi connectivity index (χ4v) is 5.90. The first-order valence-corrected chi connectivity index (χ1v) is 13.4. The summed E-state index contributed by atoms with van der Waals surface area (Å²) in [6.07, 6.45) is 6.39. The zero-order chi connectivity index (χ0) is 23.0. The fourth-order valence-electron chi connectivity index (χ4n) is 5.12. The smallest absolute Gasteiger partial charge is 0.226 e. The summed E-state index contributed by atoms with van der Waals surface area (Å²) in [5, 5.41) is 2.13. The van der Waals surface area contributed by atoms with E-state index in [1.165, 1.54) is 16.9 Å². The van der Waals surface area contributed by atoms with Gasteiger partial charge in [0.1, 0.15) is 5.75 Å². The monoisotopic (exact) mass is 469 g/mol. The van der Waals surface area contributed by atoms with Crippen molar-refractivity contribution >= 4 is 17.2 Å². The summed E-state index contributed by atoms with van der Waals surface area (Å²) < 4.78 is 6.09. The number of likely N-dealkylation sites (tertiary alicyclic amines) is 2. The van der Waals surface area contributed by atoms with E-state index in [2.05, 4.69) is 70.6 Å². The Kier molecular flexibility index (Phi) is 8.82. The van der Waals surface area contributed by atoms with Crippen LogP contribution in [0.1, 0.15) is 49.0 Å². The van der Waals surface area contributed by atoms with Crippen LogP contribution in [0.2, 0.25) is 0 Å². The summed E-state index contributed by atoms with van der Waals surface area (Å²) in [6, 6.07) is 13.1. The first-order chi connectivity index (χ1) is 16.1. The third-order valence-corrected chi connectivity index (χ3v) is 7.94. The lowest BCUT2D eigenvalue weighted by molar-refractivity contribution is -0.141. The van der Waals surface area contributed by atoms with Crippen molar-refractivity contribution in [2.45, 2.75) is 57.7 Å². The predicted octanol–water partition coefficient (Wildman–Crippen LogP) is 4.87. The highest BCUT2D eigenvalue weighted by Crippen LogP contribution is 2.26. The Morgan fingerprint density at radius 1 is 1.06 bits per heavy atom. The molecule has 2 saturated heterocycles. The third-order valence-electron chi connectivity index (χ3n) is 7.08. The number of rotatable bonds is 9. The minimum absolute atomic E-state index is 0.216. The summed E-state index contributed by atoms with van der Waals surface area (Å²) >= 11 is 1.81. The molecule has 1 aromatic heterocycles. The van der Waals surface area contributed by atoms with Crippen molar-refractivity contribution in [2.75, 3.05) is 40.3 Å². The Balaban J connectivity index is 1.22. The van der Waals surface area contributed by atoms with Crippen molar-refractivity contribution < 1.29 is 9.53 Å². The quantitative estimate of drug-likeness (QED) is 0.525. The number of nitrogens with zero attached hydrogens (tertiary/aromatic N) is 3. The minimum atomic E-state index is 0.216. The molecule has 33 heavy (non-hydrogen) atoms. The van der Waals surface area contributed by atoms with Crippen molar-refractivity contribution in [2.24, 2.45) is 5.92 Å². The Morgan fingerprint density at radius 3 is 2.58 bits per heavy atom. The SMILES string of the molecule is CN1CCC(C(=O)N2CCCCC2CCOc2ccc(CN(C)Cc3cccs3)cc2)CC1. The van der Waals surface area contributed by atoms with E-state index in [9.17, 15) is 4.79 Å². The molecule has 1 unspecified atom stereocenters. The van der Waals surface area contributed by atoms with Crippen molar-refractivity contribution in [1.82, 2.24) is 14.7 Å². The van der Waals surface area contributed by atoms with E-state index in [1.807, 2.05) is 0 Å². The normalized spacial score (nSPS) is 20.3. The first-order valence-electron chi connectivity index (χ1n) is 12.5. The molecule has 2 aromatic rings. The lowest BCUT2D eigenvalue weighted by Gasteiger charge is -2.39. The van der Waals surface area contributed by atoms with E-state index in [0.29, 0.717) is 18.6 Å². The molecule has 1 atom stereocenters. The van der Waals surface area contributed by atoms with Gasteiger partial charge in [0.2, 0.25) is 5.91 Å². The van der Waals surface area contributed by atoms with Crippen molar-refractivity contribution in [3.8, 4) is 5.75 Å². The van der Waals surface area contributed by atoms with E-state index in [1.54, 1.807) is 11.3 Å². The van der Waals surface area contributed by atoms with Crippen molar-refractivity contribution in [1.29, 1.82) is 0 Å². The van der Waals surface area contributed by atoms with Gasteiger partial charge in [-0.2, -0.15) is 0 Å². The van der Waals surface area contributed by atoms with Crippen LogP contribution in [0.5, 0.6) is 5.75 Å². The van der Waals surface area contributed by atoms with E-state index >= 15 is 0 Å². The van der Waals surface area contributed by atoms with Gasteiger partial charge in [0.25, 0.3) is 0 Å². The number of amides is 1. The van der Waals surface area contributed by atoms with Crippen LogP contribution in [0.25, 0.3) is 0 Å². The average molecular weight is 470 g/mol. The Morgan fingerprint density at radius 2 is 1.85 bits per heavy atom. The Labute approximate surface area is 203 Å². The van der Waals surface area contributed by atoms with Gasteiger partial charge >= 0.3 is 0 Å². The van der Waals surface area contributed by atoms with Gasteiger partial charge < -0.3 is 14.5 Å². The van der Waals surface area contributed by atoms with Crippen LogP contribution in [-0.2, 0) is 17.9 Å². The molecule has 3 heterocycles. The summed E-state index contributed by atoms with van der Waals surface area (Å²) in [5.41, 5.74) is 1.29. The van der Waals surface area contributed by atoms with Crippen LogP contribution in [0.3, 0.4) is 0 Å². The van der Waals surface area contributed by atoms with E-state index in [-0.39, 0.29) is 5.92 Å². The highest BCUT2D eigenvalue weighted by molar-refractivity contribution is 7.09. The summed E-state index contributed by atoms with van der Waals surface area (Å²) in [7, 11) is 4.31. The molecule has 2 aliphatic heterocycles. The van der Waals surface area contributed by atoms with Crippen molar-refractivity contribution in [3.05, 3.63) is 52.2 Å². The lowest BCUT2D eigenvalue weighted by atomic mass is 9.92. The van der Waals surface area contributed by atoms with E-state index < -0.39 is 0 Å². The average Bonchev–Trinajstić information content (AvgIpc) is 3.33. The van der Waals surface area contributed by atoms with Gasteiger partial charge in [-0.15, -0.1) is 11.3 Å². The van der Waals surface area contributed by atoms with Gasteiger partial charge in [0.15, 0.2) is 0 Å². The molecule has 0 N–H and O–H groups in total. The molecule has 2 aliphatic rings. The fraction of sp³-hybridized carbons (Fsp3) is 0.593. The van der Waals surface area contributed by atoms with Crippen LogP contribution < -0.4 is 4.74 Å². The first kappa shape index (κ1) is 24.2. The van der Waals surface area contributed by atoms with Crippen LogP contribution in [-0.4, -0.2) is 67.0 Å². The zero-order valence-electron chi connectivity index (χ0n) is 20.2. The molecule has 6 heteroatoms. The molecule has 180 valence electrons. The number of ether oxygens (including phenoxy) is 1. The standard InChI is InChI=1S/C27H39N3O2S/c1-28-16-12-23(13-17-28)27(31)30-15-4-3-6-24(30)14-18-32-25-10-8-22(9-11-25)20-29(2)21-26-7-5-19-33-26/h5,7-11,19,23-24H,3-4,6,12-18,20-21H2,1-2H3. The second-order valence-corrected chi connectivity index (χ2v) is 10.8. The zero-order valence-corrected chi connectivity index (χ0v) is 21.1. The summed E-state index contributed by atoms with van der Waals surface area (Å²) in [4.78, 5) is 21.4. The maximum absolute atomic E-state index is 13.2. The molecule has 0 radical (unpaired) electrons. The highest BCUT2D eigenvalue weighted by atomic mass is 32.1. The second-order valence-electron chi connectivity index (χ2n) is 9.79. The van der Waals surface area contributed by atoms with Gasteiger partial charge in [-0.3, -0.25) is 9.69 Å². The van der Waals surface area contributed by atoms with Gasteiger partial charge in [-0.1, -0.05) is 18.2 Å². The molecular formula is C27H39N3O2S. The second kappa shape index (κ2) is 12.0. The highest BCUT2D eigenvalue weighted by Gasteiger charge is 2.32. The number of thiophene rings is 1. The molecule has 1 amide bonds. The summed E-state index contributed by atoms with van der Waals surface area (Å²) in [6.45, 7) is 5.57. The maximum Gasteiger partial charge on any atom is 0.226 e. The molecular weight excluding hydrogens is 430 g/mol. The lowest BCUT2D eigenvalue weighted by Crippen LogP contribution is -2.48. The largest absolute Gasteiger partial charge is 0.494 e. The molecule has 4 rings (SSSR count). The maximum atomic E-state index is 13.2. The minimum Gasteiger partial charge on any atom is -0.494 e. The number of carbonyl (C=O) groups excluding carboxylic acids is 1. The van der Waals surface area contributed by atoms with Crippen LogP contribution >= 0.6 is 11.3 Å². The number of hydrogen-bond acceptors (Lipinski definition) is 5. The third kappa shape index (κ3) is 7.05.